The topological polar surface area (TPSA) is 69.9 Å². The average molecular weight is 189 g/mol. The zero-order valence-corrected chi connectivity index (χ0v) is 7.14. The SMILES string of the molecule is O=C1C=Cc2ccc(O)cc2C1=NO. The molecule has 0 radical (unpaired) electrons. The molecule has 0 amide bonds. The Morgan fingerprint density at radius 3 is 2.71 bits per heavy atom. The van der Waals surface area contributed by atoms with Crippen LogP contribution in [0.4, 0.5) is 0 Å². The predicted octanol–water partition coefficient (Wildman–Crippen LogP) is 1.17. The van der Waals surface area contributed by atoms with Crippen molar-refractivity contribution in [1.29, 1.82) is 0 Å². The Morgan fingerprint density at radius 1 is 1.21 bits per heavy atom. The molecule has 0 spiro atoms. The van der Waals surface area contributed by atoms with E-state index in [0.29, 0.717) is 5.56 Å². The number of oxime groups is 1. The second-order valence-electron chi connectivity index (χ2n) is 2.92. The lowest BCUT2D eigenvalue weighted by Gasteiger charge is -2.10. The number of hydrogen-bond donors (Lipinski definition) is 2. The second-order valence-corrected chi connectivity index (χ2v) is 2.92. The summed E-state index contributed by atoms with van der Waals surface area (Å²) in [5, 5.41) is 20.8. The first-order chi connectivity index (χ1) is 6.72. The van der Waals surface area contributed by atoms with Gasteiger partial charge in [0.05, 0.1) is 0 Å². The van der Waals surface area contributed by atoms with Crippen molar-refractivity contribution in [3.8, 4) is 5.75 Å². The second kappa shape index (κ2) is 2.99. The van der Waals surface area contributed by atoms with Crippen molar-refractivity contribution in [2.24, 2.45) is 5.16 Å². The number of ketones is 1. The van der Waals surface area contributed by atoms with E-state index in [-0.39, 0.29) is 17.2 Å². The molecule has 0 bridgehead atoms. The monoisotopic (exact) mass is 189 g/mol. The Balaban J connectivity index is 2.68. The number of fused-ring (bicyclic) bond motifs is 1. The number of phenolic OH excluding ortho intramolecular Hbond substituents is 1. The standard InChI is InChI=1S/C10H7NO3/c12-7-3-1-6-2-4-9(13)10(11-14)8(6)5-7/h1-5,12,14H. The molecule has 2 rings (SSSR count). The van der Waals surface area contributed by atoms with Gasteiger partial charge in [0.2, 0.25) is 5.78 Å². The summed E-state index contributed by atoms with van der Waals surface area (Å²) in [5.41, 5.74) is 1.15. The van der Waals surface area contributed by atoms with Crippen LogP contribution in [0.5, 0.6) is 5.75 Å². The van der Waals surface area contributed by atoms with E-state index in [4.69, 9.17) is 5.21 Å². The van der Waals surface area contributed by atoms with Crippen LogP contribution >= 0.6 is 0 Å². The highest BCUT2D eigenvalue weighted by Gasteiger charge is 2.19. The maximum absolute atomic E-state index is 11.2. The maximum Gasteiger partial charge on any atom is 0.208 e. The molecule has 0 heterocycles. The smallest absolute Gasteiger partial charge is 0.208 e. The van der Waals surface area contributed by atoms with Gasteiger partial charge in [0.25, 0.3) is 0 Å². The molecule has 0 fully saturated rings. The zero-order chi connectivity index (χ0) is 10.1. The number of carbonyl (C=O) groups excluding carboxylic acids is 1. The summed E-state index contributed by atoms with van der Waals surface area (Å²) in [6, 6.07) is 4.55. The van der Waals surface area contributed by atoms with Crippen molar-refractivity contribution < 1.29 is 15.1 Å². The molecule has 1 aliphatic rings. The van der Waals surface area contributed by atoms with Crippen LogP contribution in [0.15, 0.2) is 29.4 Å². The molecule has 2 N–H and O–H groups in total. The van der Waals surface area contributed by atoms with Crippen LogP contribution in [0.25, 0.3) is 6.08 Å². The van der Waals surface area contributed by atoms with Crippen molar-refractivity contribution >= 4 is 17.6 Å². The van der Waals surface area contributed by atoms with Gasteiger partial charge in [-0.05, 0) is 23.8 Å². The quantitative estimate of drug-likeness (QED) is 0.475. The number of carbonyl (C=O) groups is 1. The van der Waals surface area contributed by atoms with Crippen molar-refractivity contribution in [3.05, 3.63) is 35.4 Å². The first kappa shape index (κ1) is 8.50. The number of benzene rings is 1. The molecule has 0 saturated carbocycles. The Hall–Kier alpha value is -2.10. The highest BCUT2D eigenvalue weighted by atomic mass is 16.4. The lowest BCUT2D eigenvalue weighted by molar-refractivity contribution is -0.108. The molecule has 1 aliphatic carbocycles. The van der Waals surface area contributed by atoms with Crippen molar-refractivity contribution in [3.63, 3.8) is 0 Å². The zero-order valence-electron chi connectivity index (χ0n) is 7.14. The summed E-state index contributed by atoms with van der Waals surface area (Å²) >= 11 is 0. The molecule has 0 aliphatic heterocycles. The summed E-state index contributed by atoms with van der Waals surface area (Å²) in [6.45, 7) is 0. The van der Waals surface area contributed by atoms with Gasteiger partial charge in [-0.3, -0.25) is 4.79 Å². The summed E-state index contributed by atoms with van der Waals surface area (Å²) < 4.78 is 0. The van der Waals surface area contributed by atoms with Crippen molar-refractivity contribution in [2.45, 2.75) is 0 Å². The molecule has 0 atom stereocenters. The Labute approximate surface area is 79.8 Å². The summed E-state index contributed by atoms with van der Waals surface area (Å²) in [7, 11) is 0. The van der Waals surface area contributed by atoms with Gasteiger partial charge in [0.1, 0.15) is 5.75 Å². The third-order valence-corrected chi connectivity index (χ3v) is 2.04. The van der Waals surface area contributed by atoms with Crippen LogP contribution in [-0.2, 0) is 4.79 Å². The van der Waals surface area contributed by atoms with E-state index in [1.807, 2.05) is 0 Å². The van der Waals surface area contributed by atoms with Gasteiger partial charge < -0.3 is 10.3 Å². The van der Waals surface area contributed by atoms with E-state index in [1.54, 1.807) is 12.1 Å². The first-order valence-electron chi connectivity index (χ1n) is 4.00. The lowest BCUT2D eigenvalue weighted by atomic mass is 9.94. The molecular weight excluding hydrogens is 182 g/mol. The van der Waals surface area contributed by atoms with Gasteiger partial charge in [0, 0.05) is 5.56 Å². The predicted molar refractivity (Wildman–Crippen MR) is 50.5 cm³/mol. The number of rotatable bonds is 0. The molecule has 0 unspecified atom stereocenters. The fourth-order valence-electron chi connectivity index (χ4n) is 1.37. The number of phenols is 1. The largest absolute Gasteiger partial charge is 0.508 e. The van der Waals surface area contributed by atoms with E-state index in [9.17, 15) is 9.90 Å². The number of aromatic hydroxyl groups is 1. The van der Waals surface area contributed by atoms with Crippen LogP contribution in [0.3, 0.4) is 0 Å². The highest BCUT2D eigenvalue weighted by molar-refractivity contribution is 6.52. The van der Waals surface area contributed by atoms with Gasteiger partial charge >= 0.3 is 0 Å². The molecule has 0 aromatic heterocycles. The van der Waals surface area contributed by atoms with Crippen LogP contribution < -0.4 is 0 Å². The van der Waals surface area contributed by atoms with E-state index >= 15 is 0 Å². The Kier molecular flexibility index (Phi) is 1.81. The molecule has 1 aromatic carbocycles. The van der Waals surface area contributed by atoms with E-state index in [1.165, 1.54) is 18.2 Å². The minimum atomic E-state index is -0.370. The molecule has 70 valence electrons. The molecule has 4 heteroatoms. The van der Waals surface area contributed by atoms with Crippen molar-refractivity contribution in [2.75, 3.05) is 0 Å². The van der Waals surface area contributed by atoms with Gasteiger partial charge in [0.15, 0.2) is 5.71 Å². The molecule has 1 aromatic rings. The average Bonchev–Trinajstić information content (AvgIpc) is 2.17. The summed E-state index contributed by atoms with van der Waals surface area (Å²) in [6.07, 6.45) is 2.94. The minimum Gasteiger partial charge on any atom is -0.508 e. The van der Waals surface area contributed by atoms with Crippen LogP contribution in [-0.4, -0.2) is 21.8 Å². The van der Waals surface area contributed by atoms with Gasteiger partial charge in [-0.25, -0.2) is 0 Å². The summed E-state index contributed by atoms with van der Waals surface area (Å²) in [4.78, 5) is 11.2. The Morgan fingerprint density at radius 2 is 2.00 bits per heavy atom. The maximum atomic E-state index is 11.2. The molecular formula is C10H7NO3. The minimum absolute atomic E-state index is 0.0352. The molecule has 14 heavy (non-hydrogen) atoms. The number of hydrogen-bond acceptors (Lipinski definition) is 4. The highest BCUT2D eigenvalue weighted by Crippen LogP contribution is 2.22. The van der Waals surface area contributed by atoms with E-state index in [0.717, 1.165) is 5.56 Å². The van der Waals surface area contributed by atoms with E-state index < -0.39 is 0 Å². The normalized spacial score (nSPS) is 17.1. The first-order valence-corrected chi connectivity index (χ1v) is 4.00. The van der Waals surface area contributed by atoms with Gasteiger partial charge in [-0.2, -0.15) is 0 Å². The third kappa shape index (κ3) is 1.17. The van der Waals surface area contributed by atoms with Gasteiger partial charge in [-0.1, -0.05) is 17.3 Å². The fourth-order valence-corrected chi connectivity index (χ4v) is 1.37. The van der Waals surface area contributed by atoms with Crippen LogP contribution in [0, 0.1) is 0 Å². The molecule has 0 saturated heterocycles. The number of allylic oxidation sites excluding steroid dienone is 1. The van der Waals surface area contributed by atoms with E-state index in [2.05, 4.69) is 5.16 Å². The van der Waals surface area contributed by atoms with Crippen LogP contribution in [0.1, 0.15) is 11.1 Å². The van der Waals surface area contributed by atoms with Crippen molar-refractivity contribution in [1.82, 2.24) is 0 Å². The fraction of sp³-hybridized carbons (Fsp3) is 0. The summed E-state index contributed by atoms with van der Waals surface area (Å²) in [5.74, 6) is -0.335. The van der Waals surface area contributed by atoms with Crippen LogP contribution in [0.2, 0.25) is 0 Å². The lowest BCUT2D eigenvalue weighted by Crippen LogP contribution is -2.17. The third-order valence-electron chi connectivity index (χ3n) is 2.04. The Bertz CT molecular complexity index is 460. The molecule has 4 nitrogen and oxygen atoms in total. The number of nitrogens with zero attached hydrogens (tertiary/aromatic N) is 1. The van der Waals surface area contributed by atoms with Gasteiger partial charge in [-0.15, -0.1) is 0 Å².